The fourth-order valence-corrected chi connectivity index (χ4v) is 1.91. The van der Waals surface area contributed by atoms with E-state index >= 15 is 0 Å². The zero-order valence-electron chi connectivity index (χ0n) is 11.6. The summed E-state index contributed by atoms with van der Waals surface area (Å²) in [5.41, 5.74) is -1.64. The number of esters is 1. The number of rotatable bonds is 6. The van der Waals surface area contributed by atoms with Crippen LogP contribution in [-0.4, -0.2) is 38.4 Å². The first kappa shape index (κ1) is 15.1. The highest BCUT2D eigenvalue weighted by atomic mass is 16.5. The second kappa shape index (κ2) is 5.81. The second-order valence-corrected chi connectivity index (χ2v) is 4.63. The second-order valence-electron chi connectivity index (χ2n) is 4.63. The molecule has 7 nitrogen and oxygen atoms in total. The Morgan fingerprint density at radius 1 is 1.53 bits per heavy atom. The van der Waals surface area contributed by atoms with Gasteiger partial charge in [-0.1, -0.05) is 13.8 Å². The molecular weight excluding hydrogens is 250 g/mol. The minimum absolute atomic E-state index is 0.0463. The topological polar surface area (TPSA) is 94.3 Å². The van der Waals surface area contributed by atoms with Gasteiger partial charge in [-0.15, -0.1) is 0 Å². The van der Waals surface area contributed by atoms with Crippen LogP contribution >= 0.6 is 0 Å². The summed E-state index contributed by atoms with van der Waals surface area (Å²) in [6.45, 7) is 5.15. The minimum atomic E-state index is -1.64. The van der Waals surface area contributed by atoms with Crippen LogP contribution in [0.1, 0.15) is 26.6 Å². The molecule has 0 radical (unpaired) electrons. The molecule has 0 aliphatic carbocycles. The molecule has 0 saturated carbocycles. The van der Waals surface area contributed by atoms with Gasteiger partial charge in [-0.3, -0.25) is 14.3 Å². The third-order valence-corrected chi connectivity index (χ3v) is 3.25. The van der Waals surface area contributed by atoms with Crippen LogP contribution in [0, 0.1) is 11.3 Å². The fraction of sp³-hybridized carbons (Fsp3) is 0.667. The van der Waals surface area contributed by atoms with Gasteiger partial charge in [0.15, 0.2) is 5.41 Å². The Kier molecular flexibility index (Phi) is 4.63. The van der Waals surface area contributed by atoms with Crippen LogP contribution in [0.15, 0.2) is 6.33 Å². The van der Waals surface area contributed by atoms with Crippen molar-refractivity contribution in [3.8, 4) is 0 Å². The SMILES string of the molecule is CCOC(=O)C(Cc1ncnn1C)(C(=O)O)C(C)C. The lowest BCUT2D eigenvalue weighted by Gasteiger charge is -2.30. The van der Waals surface area contributed by atoms with Crippen molar-refractivity contribution in [1.29, 1.82) is 0 Å². The van der Waals surface area contributed by atoms with E-state index in [9.17, 15) is 14.7 Å². The van der Waals surface area contributed by atoms with E-state index in [1.807, 2.05) is 0 Å². The van der Waals surface area contributed by atoms with Crippen molar-refractivity contribution in [1.82, 2.24) is 14.8 Å². The number of aromatic nitrogens is 3. The Hall–Kier alpha value is -1.92. The Morgan fingerprint density at radius 3 is 2.53 bits per heavy atom. The number of aryl methyl sites for hydroxylation is 1. The molecule has 1 N–H and O–H groups in total. The molecule has 19 heavy (non-hydrogen) atoms. The number of hydrogen-bond acceptors (Lipinski definition) is 5. The first-order valence-corrected chi connectivity index (χ1v) is 6.09. The van der Waals surface area contributed by atoms with Gasteiger partial charge >= 0.3 is 11.9 Å². The molecule has 0 fully saturated rings. The van der Waals surface area contributed by atoms with Crippen molar-refractivity contribution < 1.29 is 19.4 Å². The maximum atomic E-state index is 12.1. The van der Waals surface area contributed by atoms with Crippen LogP contribution in [0.25, 0.3) is 0 Å². The van der Waals surface area contributed by atoms with Gasteiger partial charge in [0.05, 0.1) is 6.61 Å². The van der Waals surface area contributed by atoms with Crippen LogP contribution in [-0.2, 0) is 27.8 Å². The summed E-state index contributed by atoms with van der Waals surface area (Å²) in [6.07, 6.45) is 1.28. The number of hydrogen-bond donors (Lipinski definition) is 1. The first-order chi connectivity index (χ1) is 8.86. The summed E-state index contributed by atoms with van der Waals surface area (Å²) < 4.78 is 6.40. The predicted molar refractivity (Wildman–Crippen MR) is 66.2 cm³/mol. The highest BCUT2D eigenvalue weighted by Gasteiger charge is 2.51. The van der Waals surface area contributed by atoms with Crippen LogP contribution in [0.2, 0.25) is 0 Å². The summed E-state index contributed by atoms with van der Waals surface area (Å²) in [5.74, 6) is -1.94. The Bertz CT molecular complexity index is 469. The van der Waals surface area contributed by atoms with E-state index in [4.69, 9.17) is 4.74 Å². The highest BCUT2D eigenvalue weighted by Crippen LogP contribution is 2.33. The van der Waals surface area contributed by atoms with Crippen molar-refractivity contribution >= 4 is 11.9 Å². The van der Waals surface area contributed by atoms with Gasteiger partial charge < -0.3 is 9.84 Å². The Labute approximate surface area is 111 Å². The van der Waals surface area contributed by atoms with E-state index in [-0.39, 0.29) is 13.0 Å². The molecule has 1 aromatic heterocycles. The molecule has 106 valence electrons. The van der Waals surface area contributed by atoms with Crippen molar-refractivity contribution in [3.05, 3.63) is 12.2 Å². The molecule has 1 heterocycles. The molecule has 0 saturated heterocycles. The minimum Gasteiger partial charge on any atom is -0.480 e. The summed E-state index contributed by atoms with van der Waals surface area (Å²) in [6, 6.07) is 0. The fourth-order valence-electron chi connectivity index (χ4n) is 1.91. The highest BCUT2D eigenvalue weighted by molar-refractivity contribution is 5.99. The molecule has 7 heteroatoms. The standard InChI is InChI=1S/C12H19N3O4/c1-5-19-11(18)12(8(2)3,10(16)17)6-9-13-7-14-15(9)4/h7-8H,5-6H2,1-4H3,(H,16,17). The van der Waals surface area contributed by atoms with E-state index in [2.05, 4.69) is 10.1 Å². The van der Waals surface area contributed by atoms with Gasteiger partial charge in [0.1, 0.15) is 12.2 Å². The van der Waals surface area contributed by atoms with E-state index in [1.165, 1.54) is 11.0 Å². The van der Waals surface area contributed by atoms with Gasteiger partial charge in [0.25, 0.3) is 0 Å². The summed E-state index contributed by atoms with van der Waals surface area (Å²) in [4.78, 5) is 27.8. The van der Waals surface area contributed by atoms with Crippen molar-refractivity contribution in [3.63, 3.8) is 0 Å². The molecule has 0 spiro atoms. The summed E-state index contributed by atoms with van der Waals surface area (Å²) in [7, 11) is 1.65. The molecule has 0 bridgehead atoms. The molecular formula is C12H19N3O4. The van der Waals surface area contributed by atoms with Gasteiger partial charge in [0.2, 0.25) is 0 Å². The largest absolute Gasteiger partial charge is 0.480 e. The van der Waals surface area contributed by atoms with E-state index in [0.29, 0.717) is 5.82 Å². The maximum absolute atomic E-state index is 12.1. The number of carbonyl (C=O) groups is 2. The third kappa shape index (κ3) is 2.74. The maximum Gasteiger partial charge on any atom is 0.324 e. The van der Waals surface area contributed by atoms with Crippen molar-refractivity contribution in [2.45, 2.75) is 27.2 Å². The number of carboxylic acids is 1. The van der Waals surface area contributed by atoms with Gasteiger partial charge in [-0.25, -0.2) is 4.98 Å². The van der Waals surface area contributed by atoms with Gasteiger partial charge in [-0.2, -0.15) is 5.10 Å². The van der Waals surface area contributed by atoms with Crippen LogP contribution < -0.4 is 0 Å². The van der Waals surface area contributed by atoms with Gasteiger partial charge in [-0.05, 0) is 12.8 Å². The number of carboxylic acid groups (broad SMARTS) is 1. The Morgan fingerprint density at radius 2 is 2.16 bits per heavy atom. The molecule has 0 amide bonds. The zero-order valence-corrected chi connectivity index (χ0v) is 11.6. The lowest BCUT2D eigenvalue weighted by Crippen LogP contribution is -2.47. The third-order valence-electron chi connectivity index (χ3n) is 3.25. The molecule has 0 aliphatic rings. The normalized spacial score (nSPS) is 14.2. The molecule has 0 aliphatic heterocycles. The van der Waals surface area contributed by atoms with Gasteiger partial charge in [0, 0.05) is 13.5 Å². The number of aliphatic carboxylic acids is 1. The molecule has 1 aromatic rings. The van der Waals surface area contributed by atoms with Crippen LogP contribution in [0.3, 0.4) is 0 Å². The van der Waals surface area contributed by atoms with Crippen LogP contribution in [0.5, 0.6) is 0 Å². The first-order valence-electron chi connectivity index (χ1n) is 6.09. The van der Waals surface area contributed by atoms with Crippen molar-refractivity contribution in [2.75, 3.05) is 6.61 Å². The lowest BCUT2D eigenvalue weighted by atomic mass is 9.74. The number of ether oxygens (including phenoxy) is 1. The van der Waals surface area contributed by atoms with E-state index in [1.54, 1.807) is 27.8 Å². The molecule has 0 aromatic carbocycles. The number of carbonyl (C=O) groups excluding carboxylic acids is 1. The van der Waals surface area contributed by atoms with Crippen LogP contribution in [0.4, 0.5) is 0 Å². The van der Waals surface area contributed by atoms with E-state index in [0.717, 1.165) is 0 Å². The monoisotopic (exact) mass is 269 g/mol. The molecule has 1 unspecified atom stereocenters. The smallest absolute Gasteiger partial charge is 0.324 e. The molecule has 1 atom stereocenters. The van der Waals surface area contributed by atoms with E-state index < -0.39 is 23.3 Å². The lowest BCUT2D eigenvalue weighted by molar-refractivity contribution is -0.172. The Balaban J connectivity index is 3.21. The predicted octanol–water partition coefficient (Wildman–Crippen LogP) is 0.648. The zero-order chi connectivity index (χ0) is 14.6. The molecule has 1 rings (SSSR count). The summed E-state index contributed by atoms with van der Waals surface area (Å²) in [5, 5.41) is 13.4. The number of nitrogens with zero attached hydrogens (tertiary/aromatic N) is 3. The average molecular weight is 269 g/mol. The van der Waals surface area contributed by atoms with Crippen molar-refractivity contribution in [2.24, 2.45) is 18.4 Å². The quantitative estimate of drug-likeness (QED) is 0.602. The summed E-state index contributed by atoms with van der Waals surface area (Å²) >= 11 is 0. The average Bonchev–Trinajstić information content (AvgIpc) is 2.70.